The van der Waals surface area contributed by atoms with E-state index in [1.807, 2.05) is 60.4 Å². The summed E-state index contributed by atoms with van der Waals surface area (Å²) in [6.07, 6.45) is 0.362. The van der Waals surface area contributed by atoms with Crippen molar-refractivity contribution < 1.29 is 14.3 Å². The third-order valence-corrected chi connectivity index (χ3v) is 4.76. The molecule has 27 heavy (non-hydrogen) atoms. The van der Waals surface area contributed by atoms with Crippen molar-refractivity contribution in [1.29, 1.82) is 0 Å². The fourth-order valence-electron chi connectivity index (χ4n) is 3.22. The quantitative estimate of drug-likeness (QED) is 0.904. The molecule has 6 nitrogen and oxygen atoms in total. The van der Waals surface area contributed by atoms with E-state index in [-0.39, 0.29) is 11.9 Å². The number of hydrogen-bond acceptors (Lipinski definition) is 3. The van der Waals surface area contributed by atoms with Crippen LogP contribution in [0.25, 0.3) is 0 Å². The minimum absolute atomic E-state index is 0.0858. The summed E-state index contributed by atoms with van der Waals surface area (Å²) in [4.78, 5) is 28.5. The van der Waals surface area contributed by atoms with Crippen molar-refractivity contribution in [2.75, 3.05) is 38.6 Å². The number of rotatable bonds is 4. The van der Waals surface area contributed by atoms with Gasteiger partial charge in [-0.3, -0.25) is 4.79 Å². The Balaban J connectivity index is 1.50. The van der Waals surface area contributed by atoms with Gasteiger partial charge in [0, 0.05) is 31.9 Å². The van der Waals surface area contributed by atoms with Gasteiger partial charge in [-0.15, -0.1) is 0 Å². The van der Waals surface area contributed by atoms with Gasteiger partial charge in [0.1, 0.15) is 5.75 Å². The van der Waals surface area contributed by atoms with Gasteiger partial charge >= 0.3 is 6.03 Å². The summed E-state index contributed by atoms with van der Waals surface area (Å²) in [5.74, 6) is 0.909. The van der Waals surface area contributed by atoms with E-state index in [4.69, 9.17) is 4.74 Å². The van der Waals surface area contributed by atoms with Crippen molar-refractivity contribution in [1.82, 2.24) is 9.80 Å². The van der Waals surface area contributed by atoms with Crippen molar-refractivity contribution in [3.8, 4) is 5.75 Å². The van der Waals surface area contributed by atoms with Crippen LogP contribution in [-0.2, 0) is 11.2 Å². The second-order valence-corrected chi connectivity index (χ2v) is 6.64. The van der Waals surface area contributed by atoms with Crippen LogP contribution < -0.4 is 10.1 Å². The van der Waals surface area contributed by atoms with Gasteiger partial charge in [-0.05, 0) is 36.2 Å². The lowest BCUT2D eigenvalue weighted by molar-refractivity contribution is -0.131. The number of piperazine rings is 1. The molecule has 142 valence electrons. The Morgan fingerprint density at radius 2 is 1.67 bits per heavy atom. The van der Waals surface area contributed by atoms with E-state index in [0.717, 1.165) is 22.6 Å². The maximum Gasteiger partial charge on any atom is 0.321 e. The molecule has 0 bridgehead atoms. The van der Waals surface area contributed by atoms with Crippen LogP contribution >= 0.6 is 0 Å². The van der Waals surface area contributed by atoms with E-state index >= 15 is 0 Å². The van der Waals surface area contributed by atoms with Crippen LogP contribution in [0.3, 0.4) is 0 Å². The zero-order chi connectivity index (χ0) is 19.2. The molecule has 1 fully saturated rings. The first kappa shape index (κ1) is 18.8. The van der Waals surface area contributed by atoms with Crippen molar-refractivity contribution >= 4 is 17.6 Å². The molecule has 1 saturated heterocycles. The van der Waals surface area contributed by atoms with E-state index in [2.05, 4.69) is 5.32 Å². The summed E-state index contributed by atoms with van der Waals surface area (Å²) in [5.41, 5.74) is 2.77. The van der Waals surface area contributed by atoms with Crippen LogP contribution in [0.15, 0.2) is 48.5 Å². The first-order valence-corrected chi connectivity index (χ1v) is 9.09. The predicted octanol–water partition coefficient (Wildman–Crippen LogP) is 2.92. The van der Waals surface area contributed by atoms with E-state index in [9.17, 15) is 9.59 Å². The maximum absolute atomic E-state index is 12.6. The first-order valence-electron chi connectivity index (χ1n) is 9.09. The summed E-state index contributed by atoms with van der Waals surface area (Å²) in [6, 6.07) is 15.1. The Bertz CT molecular complexity index is 800. The summed E-state index contributed by atoms with van der Waals surface area (Å²) < 4.78 is 5.26. The van der Waals surface area contributed by atoms with Crippen LogP contribution in [-0.4, -0.2) is 55.0 Å². The molecule has 0 radical (unpaired) electrons. The Morgan fingerprint density at radius 3 is 2.30 bits per heavy atom. The Hall–Kier alpha value is -3.02. The number of hydrogen-bond donors (Lipinski definition) is 1. The van der Waals surface area contributed by atoms with E-state index in [0.29, 0.717) is 32.6 Å². The molecule has 2 aromatic rings. The fourth-order valence-corrected chi connectivity index (χ4v) is 3.22. The molecule has 6 heteroatoms. The maximum atomic E-state index is 12.6. The van der Waals surface area contributed by atoms with Crippen LogP contribution in [0.2, 0.25) is 0 Å². The number of urea groups is 1. The Kier molecular flexibility index (Phi) is 5.96. The first-order chi connectivity index (χ1) is 13.1. The fraction of sp³-hybridized carbons (Fsp3) is 0.333. The molecule has 0 unspecified atom stereocenters. The van der Waals surface area contributed by atoms with Crippen molar-refractivity contribution in [2.24, 2.45) is 0 Å². The van der Waals surface area contributed by atoms with E-state index in [1.54, 1.807) is 12.0 Å². The number of anilines is 1. The van der Waals surface area contributed by atoms with Gasteiger partial charge in [0.05, 0.1) is 13.5 Å². The molecule has 0 aromatic heterocycles. The highest BCUT2D eigenvalue weighted by atomic mass is 16.5. The molecule has 1 aliphatic heterocycles. The van der Waals surface area contributed by atoms with Crippen LogP contribution in [0.4, 0.5) is 10.5 Å². The molecule has 3 rings (SSSR count). The molecule has 0 atom stereocenters. The largest absolute Gasteiger partial charge is 0.496 e. The molecular weight excluding hydrogens is 342 g/mol. The second kappa shape index (κ2) is 8.58. The lowest BCUT2D eigenvalue weighted by Gasteiger charge is -2.34. The Morgan fingerprint density at radius 1 is 1.00 bits per heavy atom. The highest BCUT2D eigenvalue weighted by Crippen LogP contribution is 2.19. The SMILES string of the molecule is COc1ccc(CC(=O)N2CCN(C(=O)Nc3ccccc3)CC2)cc1C. The third kappa shape index (κ3) is 4.78. The van der Waals surface area contributed by atoms with Crippen molar-refractivity contribution in [2.45, 2.75) is 13.3 Å². The van der Waals surface area contributed by atoms with Crippen LogP contribution in [0.1, 0.15) is 11.1 Å². The molecule has 3 amide bonds. The number of nitrogens with zero attached hydrogens (tertiary/aromatic N) is 2. The van der Waals surface area contributed by atoms with Crippen molar-refractivity contribution in [3.05, 3.63) is 59.7 Å². The minimum Gasteiger partial charge on any atom is -0.496 e. The van der Waals surface area contributed by atoms with Gasteiger partial charge in [-0.2, -0.15) is 0 Å². The number of nitrogens with one attached hydrogen (secondary N) is 1. The second-order valence-electron chi connectivity index (χ2n) is 6.64. The Labute approximate surface area is 159 Å². The molecule has 1 heterocycles. The molecule has 1 aliphatic rings. The highest BCUT2D eigenvalue weighted by molar-refractivity contribution is 5.89. The van der Waals surface area contributed by atoms with Gasteiger partial charge in [0.25, 0.3) is 0 Å². The van der Waals surface area contributed by atoms with Gasteiger partial charge in [-0.1, -0.05) is 30.3 Å². The van der Waals surface area contributed by atoms with Crippen molar-refractivity contribution in [3.63, 3.8) is 0 Å². The zero-order valence-corrected chi connectivity index (χ0v) is 15.8. The van der Waals surface area contributed by atoms with Gasteiger partial charge in [0.15, 0.2) is 0 Å². The van der Waals surface area contributed by atoms with E-state index < -0.39 is 0 Å². The molecule has 1 N–H and O–H groups in total. The molecular formula is C21H25N3O3. The summed E-state index contributed by atoms with van der Waals surface area (Å²) >= 11 is 0. The summed E-state index contributed by atoms with van der Waals surface area (Å²) in [7, 11) is 1.64. The molecule has 0 aliphatic carbocycles. The number of para-hydroxylation sites is 1. The lowest BCUT2D eigenvalue weighted by atomic mass is 10.1. The van der Waals surface area contributed by atoms with Gasteiger partial charge in [0.2, 0.25) is 5.91 Å². The van der Waals surface area contributed by atoms with Crippen LogP contribution in [0.5, 0.6) is 5.75 Å². The monoisotopic (exact) mass is 367 g/mol. The number of benzene rings is 2. The van der Waals surface area contributed by atoms with E-state index in [1.165, 1.54) is 0 Å². The average molecular weight is 367 g/mol. The third-order valence-electron chi connectivity index (χ3n) is 4.76. The van der Waals surface area contributed by atoms with Gasteiger partial charge in [-0.25, -0.2) is 4.79 Å². The predicted molar refractivity (Wildman–Crippen MR) is 105 cm³/mol. The van der Waals surface area contributed by atoms with Crippen LogP contribution in [0, 0.1) is 6.92 Å². The number of carbonyl (C=O) groups is 2. The number of aryl methyl sites for hydroxylation is 1. The number of methoxy groups -OCH3 is 1. The minimum atomic E-state index is -0.126. The molecule has 0 spiro atoms. The summed E-state index contributed by atoms with van der Waals surface area (Å²) in [5, 5.41) is 2.88. The standard InChI is InChI=1S/C21H25N3O3/c1-16-14-17(8-9-19(16)27-2)15-20(25)23-10-12-24(13-11-23)21(26)22-18-6-4-3-5-7-18/h3-9,14H,10-13,15H2,1-2H3,(H,22,26). The van der Waals surface area contributed by atoms with Gasteiger partial charge < -0.3 is 19.9 Å². The summed E-state index contributed by atoms with van der Waals surface area (Å²) in [6.45, 7) is 4.14. The number of amides is 3. The molecule has 0 saturated carbocycles. The normalized spacial score (nSPS) is 14.0. The molecule has 2 aromatic carbocycles. The lowest BCUT2D eigenvalue weighted by Crippen LogP contribution is -2.52. The number of carbonyl (C=O) groups excluding carboxylic acids is 2. The highest BCUT2D eigenvalue weighted by Gasteiger charge is 2.24. The number of ether oxygens (including phenoxy) is 1. The average Bonchev–Trinajstić information content (AvgIpc) is 2.69. The smallest absolute Gasteiger partial charge is 0.321 e. The topological polar surface area (TPSA) is 61.9 Å². The zero-order valence-electron chi connectivity index (χ0n) is 15.8.